The molecule has 0 saturated carbocycles. The monoisotopic (exact) mass is 250 g/mol. The van der Waals surface area contributed by atoms with Crippen molar-refractivity contribution >= 4 is 11.9 Å². The molecule has 1 amide bonds. The summed E-state index contributed by atoms with van der Waals surface area (Å²) in [6.07, 6.45) is -0.860. The van der Waals surface area contributed by atoms with Gasteiger partial charge < -0.3 is 24.7 Å². The fraction of sp³-hybridized carbons (Fsp3) is 0.333. The molecule has 2 rings (SSSR count). The molecule has 0 aromatic heterocycles. The molecular weight excluding hydrogens is 238 g/mol. The van der Waals surface area contributed by atoms with Gasteiger partial charge in [-0.15, -0.1) is 0 Å². The number of para-hydroxylation sites is 2. The Labute approximate surface area is 104 Å². The van der Waals surface area contributed by atoms with E-state index in [1.807, 2.05) is 0 Å². The van der Waals surface area contributed by atoms with E-state index in [4.69, 9.17) is 9.47 Å². The summed E-state index contributed by atoms with van der Waals surface area (Å²) in [6.45, 7) is 1.37. The highest BCUT2D eigenvalue weighted by molar-refractivity contribution is 5.86. The molecule has 1 aliphatic heterocycles. The summed E-state index contributed by atoms with van der Waals surface area (Å²) in [5, 5.41) is 12.8. The van der Waals surface area contributed by atoms with Crippen molar-refractivity contribution in [2.24, 2.45) is 0 Å². The lowest BCUT2D eigenvalue weighted by Crippen LogP contribution is -2.52. The van der Waals surface area contributed by atoms with E-state index < -0.39 is 24.0 Å². The number of aliphatic carboxylic acids is 1. The van der Waals surface area contributed by atoms with E-state index in [9.17, 15) is 14.7 Å². The van der Waals surface area contributed by atoms with Gasteiger partial charge in [0.2, 0.25) is 6.10 Å². The number of ether oxygens (including phenoxy) is 2. The van der Waals surface area contributed by atoms with Crippen LogP contribution < -0.4 is 19.9 Å². The maximum absolute atomic E-state index is 11.7. The Kier molecular flexibility index (Phi) is 3.36. The Balaban J connectivity index is 2.00. The standard InChI is InChI=1S/C12H13NO5/c1-7(12(15)16)13-11(14)10-6-17-8-4-2-3-5-9(8)18-10/h2-5,7,10H,6H2,1H3,(H,13,14)(H,15,16)/p-1/t7-,10+/m1/s1. The van der Waals surface area contributed by atoms with E-state index in [1.54, 1.807) is 24.3 Å². The molecular formula is C12H12NO5-. The van der Waals surface area contributed by atoms with Crippen LogP contribution in [0, 0.1) is 0 Å². The number of nitrogens with one attached hydrogen (secondary N) is 1. The van der Waals surface area contributed by atoms with Gasteiger partial charge in [-0.25, -0.2) is 0 Å². The highest BCUT2D eigenvalue weighted by Crippen LogP contribution is 2.30. The molecule has 18 heavy (non-hydrogen) atoms. The van der Waals surface area contributed by atoms with Crippen LogP contribution in [0.1, 0.15) is 6.92 Å². The predicted octanol–water partition coefficient (Wildman–Crippen LogP) is -0.919. The molecule has 0 bridgehead atoms. The number of carbonyl (C=O) groups is 2. The third-order valence-corrected chi connectivity index (χ3v) is 2.51. The number of hydrogen-bond donors (Lipinski definition) is 1. The van der Waals surface area contributed by atoms with E-state index in [0.717, 1.165) is 0 Å². The number of fused-ring (bicyclic) bond motifs is 1. The molecule has 1 aromatic rings. The Hall–Kier alpha value is -2.24. The second kappa shape index (κ2) is 4.95. The first-order chi connectivity index (χ1) is 8.58. The molecule has 1 heterocycles. The molecule has 1 N–H and O–H groups in total. The second-order valence-electron chi connectivity index (χ2n) is 3.91. The van der Waals surface area contributed by atoms with Crippen LogP contribution >= 0.6 is 0 Å². The fourth-order valence-electron chi connectivity index (χ4n) is 1.51. The number of carbonyl (C=O) groups excluding carboxylic acids is 2. The number of amides is 1. The van der Waals surface area contributed by atoms with Crippen LogP contribution in [0.15, 0.2) is 24.3 Å². The zero-order valence-electron chi connectivity index (χ0n) is 9.71. The van der Waals surface area contributed by atoms with Crippen molar-refractivity contribution in [3.05, 3.63) is 24.3 Å². The molecule has 0 spiro atoms. The van der Waals surface area contributed by atoms with Crippen LogP contribution in [0.25, 0.3) is 0 Å². The summed E-state index contributed by atoms with van der Waals surface area (Å²) < 4.78 is 10.8. The fourth-order valence-corrected chi connectivity index (χ4v) is 1.51. The second-order valence-corrected chi connectivity index (χ2v) is 3.91. The van der Waals surface area contributed by atoms with Gasteiger partial charge in [-0.2, -0.15) is 0 Å². The lowest BCUT2D eigenvalue weighted by Gasteiger charge is -2.26. The predicted molar refractivity (Wildman–Crippen MR) is 59.0 cm³/mol. The number of carboxylic acids is 1. The van der Waals surface area contributed by atoms with Gasteiger partial charge in [-0.3, -0.25) is 4.79 Å². The first kappa shape index (κ1) is 12.2. The minimum Gasteiger partial charge on any atom is -0.548 e. The third kappa shape index (κ3) is 2.53. The van der Waals surface area contributed by atoms with Crippen molar-refractivity contribution in [2.75, 3.05) is 6.61 Å². The maximum atomic E-state index is 11.7. The van der Waals surface area contributed by atoms with Crippen molar-refractivity contribution in [3.63, 3.8) is 0 Å². The summed E-state index contributed by atoms with van der Waals surface area (Å²) in [4.78, 5) is 22.2. The average molecular weight is 250 g/mol. The molecule has 1 aliphatic rings. The topological polar surface area (TPSA) is 87.7 Å². The van der Waals surface area contributed by atoms with Gasteiger partial charge in [0.25, 0.3) is 5.91 Å². The minimum absolute atomic E-state index is 0.0443. The van der Waals surface area contributed by atoms with E-state index in [1.165, 1.54) is 6.92 Å². The van der Waals surface area contributed by atoms with Crippen molar-refractivity contribution in [1.29, 1.82) is 0 Å². The molecule has 0 aliphatic carbocycles. The van der Waals surface area contributed by atoms with Gasteiger partial charge >= 0.3 is 0 Å². The number of benzene rings is 1. The highest BCUT2D eigenvalue weighted by atomic mass is 16.6. The highest BCUT2D eigenvalue weighted by Gasteiger charge is 2.28. The SMILES string of the molecule is C[C@@H](NC(=O)[C@@H]1COc2ccccc2O1)C(=O)[O-]. The molecule has 0 saturated heterocycles. The molecule has 6 nitrogen and oxygen atoms in total. The third-order valence-electron chi connectivity index (χ3n) is 2.51. The Morgan fingerprint density at radius 1 is 1.39 bits per heavy atom. The smallest absolute Gasteiger partial charge is 0.265 e. The van der Waals surface area contributed by atoms with Crippen LogP contribution in [-0.2, 0) is 9.59 Å². The maximum Gasteiger partial charge on any atom is 0.265 e. The molecule has 6 heteroatoms. The summed E-state index contributed by atoms with van der Waals surface area (Å²) >= 11 is 0. The van der Waals surface area contributed by atoms with Crippen LogP contribution in [0.3, 0.4) is 0 Å². The number of carboxylic acid groups (broad SMARTS) is 1. The zero-order chi connectivity index (χ0) is 13.1. The molecule has 0 fully saturated rings. The normalized spacial score (nSPS) is 18.8. The first-order valence-electron chi connectivity index (χ1n) is 5.47. The van der Waals surface area contributed by atoms with Crippen molar-refractivity contribution in [1.82, 2.24) is 5.32 Å². The van der Waals surface area contributed by atoms with E-state index in [2.05, 4.69) is 5.32 Å². The van der Waals surface area contributed by atoms with Crippen molar-refractivity contribution in [3.8, 4) is 11.5 Å². The van der Waals surface area contributed by atoms with Gasteiger partial charge in [0.05, 0.1) is 12.0 Å². The molecule has 1 aromatic carbocycles. The largest absolute Gasteiger partial charge is 0.548 e. The summed E-state index contributed by atoms with van der Waals surface area (Å²) in [5.74, 6) is -0.860. The summed E-state index contributed by atoms with van der Waals surface area (Å²) in [7, 11) is 0. The van der Waals surface area contributed by atoms with Gasteiger partial charge in [0, 0.05) is 0 Å². The van der Waals surface area contributed by atoms with Crippen molar-refractivity contribution in [2.45, 2.75) is 19.1 Å². The first-order valence-corrected chi connectivity index (χ1v) is 5.47. The van der Waals surface area contributed by atoms with E-state index in [-0.39, 0.29) is 6.61 Å². The summed E-state index contributed by atoms with van der Waals surface area (Å²) in [6, 6.07) is 5.88. The van der Waals surface area contributed by atoms with Gasteiger partial charge in [-0.05, 0) is 19.1 Å². The Bertz CT molecular complexity index is 473. The molecule has 96 valence electrons. The molecule has 0 radical (unpaired) electrons. The summed E-state index contributed by atoms with van der Waals surface area (Å²) in [5.41, 5.74) is 0. The van der Waals surface area contributed by atoms with Crippen LogP contribution in [-0.4, -0.2) is 30.6 Å². The number of hydrogen-bond acceptors (Lipinski definition) is 5. The minimum atomic E-state index is -1.35. The Morgan fingerprint density at radius 2 is 2.06 bits per heavy atom. The Morgan fingerprint density at radius 3 is 2.72 bits per heavy atom. The van der Waals surface area contributed by atoms with Gasteiger partial charge in [-0.1, -0.05) is 12.1 Å². The lowest BCUT2D eigenvalue weighted by atomic mass is 10.2. The number of rotatable bonds is 3. The molecule has 0 unspecified atom stereocenters. The lowest BCUT2D eigenvalue weighted by molar-refractivity contribution is -0.307. The van der Waals surface area contributed by atoms with Crippen LogP contribution in [0.5, 0.6) is 11.5 Å². The van der Waals surface area contributed by atoms with Crippen LogP contribution in [0.4, 0.5) is 0 Å². The zero-order valence-corrected chi connectivity index (χ0v) is 9.71. The van der Waals surface area contributed by atoms with E-state index in [0.29, 0.717) is 11.5 Å². The molecule has 2 atom stereocenters. The quantitative estimate of drug-likeness (QED) is 0.749. The van der Waals surface area contributed by atoms with Crippen molar-refractivity contribution < 1.29 is 24.2 Å². The van der Waals surface area contributed by atoms with Gasteiger partial charge in [0.1, 0.15) is 6.61 Å². The average Bonchev–Trinajstić information content (AvgIpc) is 2.37. The van der Waals surface area contributed by atoms with E-state index >= 15 is 0 Å². The van der Waals surface area contributed by atoms with Gasteiger partial charge in [0.15, 0.2) is 11.5 Å². The van der Waals surface area contributed by atoms with Crippen LogP contribution in [0.2, 0.25) is 0 Å².